The SMILES string of the molecule is O=C(COC(=O)C1(c2ccc(Cl)cc2)CCC1)N1CCN(c2ccccn2)CC1. The summed E-state index contributed by atoms with van der Waals surface area (Å²) in [6.45, 7) is 2.40. The van der Waals surface area contributed by atoms with E-state index in [2.05, 4.69) is 9.88 Å². The van der Waals surface area contributed by atoms with Gasteiger partial charge in [0.1, 0.15) is 5.82 Å². The zero-order chi connectivity index (χ0) is 20.3. The monoisotopic (exact) mass is 413 g/mol. The summed E-state index contributed by atoms with van der Waals surface area (Å²) in [4.78, 5) is 33.6. The highest BCUT2D eigenvalue weighted by molar-refractivity contribution is 6.30. The highest BCUT2D eigenvalue weighted by Crippen LogP contribution is 2.45. The minimum Gasteiger partial charge on any atom is -0.455 e. The molecule has 152 valence electrons. The van der Waals surface area contributed by atoms with E-state index in [4.69, 9.17) is 16.3 Å². The number of ether oxygens (including phenoxy) is 1. The maximum Gasteiger partial charge on any atom is 0.317 e. The number of pyridine rings is 1. The van der Waals surface area contributed by atoms with Crippen LogP contribution in [0.5, 0.6) is 0 Å². The Labute approximate surface area is 175 Å². The van der Waals surface area contributed by atoms with Gasteiger partial charge in [-0.2, -0.15) is 0 Å². The van der Waals surface area contributed by atoms with Gasteiger partial charge in [0, 0.05) is 37.4 Å². The van der Waals surface area contributed by atoms with E-state index in [1.807, 2.05) is 30.3 Å². The van der Waals surface area contributed by atoms with Crippen molar-refractivity contribution in [1.82, 2.24) is 9.88 Å². The van der Waals surface area contributed by atoms with Gasteiger partial charge in [0.2, 0.25) is 0 Å². The largest absolute Gasteiger partial charge is 0.455 e. The molecule has 0 radical (unpaired) electrons. The van der Waals surface area contributed by atoms with Crippen LogP contribution in [0.3, 0.4) is 0 Å². The number of carbonyl (C=O) groups is 2. The van der Waals surface area contributed by atoms with Gasteiger partial charge in [0.05, 0.1) is 5.41 Å². The standard InChI is InChI=1S/C22H24ClN3O3/c23-18-7-5-17(6-8-18)22(9-3-10-22)21(28)29-16-20(27)26-14-12-25(13-15-26)19-4-1-2-11-24-19/h1-2,4-8,11H,3,9-10,12-16H2. The molecule has 6 nitrogen and oxygen atoms in total. The lowest BCUT2D eigenvalue weighted by molar-refractivity contribution is -0.160. The van der Waals surface area contributed by atoms with E-state index < -0.39 is 5.41 Å². The summed E-state index contributed by atoms with van der Waals surface area (Å²) in [5, 5.41) is 0.636. The molecule has 7 heteroatoms. The van der Waals surface area contributed by atoms with Crippen LogP contribution in [0.4, 0.5) is 5.82 Å². The molecule has 1 aromatic heterocycles. The van der Waals surface area contributed by atoms with E-state index in [1.165, 1.54) is 0 Å². The Balaban J connectivity index is 1.30. The minimum atomic E-state index is -0.636. The third-order valence-electron chi connectivity index (χ3n) is 5.93. The van der Waals surface area contributed by atoms with Crippen LogP contribution >= 0.6 is 11.6 Å². The molecule has 2 heterocycles. The van der Waals surface area contributed by atoms with E-state index in [0.29, 0.717) is 31.2 Å². The zero-order valence-electron chi connectivity index (χ0n) is 16.2. The number of benzene rings is 1. The van der Waals surface area contributed by atoms with E-state index in [1.54, 1.807) is 23.2 Å². The Morgan fingerprint density at radius 1 is 1.03 bits per heavy atom. The molecular weight excluding hydrogens is 390 g/mol. The van der Waals surface area contributed by atoms with Crippen LogP contribution in [-0.2, 0) is 19.7 Å². The second-order valence-electron chi connectivity index (χ2n) is 7.57. The van der Waals surface area contributed by atoms with Crippen molar-refractivity contribution in [3.63, 3.8) is 0 Å². The summed E-state index contributed by atoms with van der Waals surface area (Å²) in [5.41, 5.74) is 0.275. The number of anilines is 1. The van der Waals surface area contributed by atoms with E-state index in [0.717, 1.165) is 30.6 Å². The van der Waals surface area contributed by atoms with Crippen LogP contribution in [0.25, 0.3) is 0 Å². The van der Waals surface area contributed by atoms with Gasteiger partial charge in [-0.15, -0.1) is 0 Å². The highest BCUT2D eigenvalue weighted by atomic mass is 35.5. The Kier molecular flexibility index (Phi) is 5.72. The number of hydrogen-bond acceptors (Lipinski definition) is 5. The molecule has 4 rings (SSSR count). The molecule has 2 fully saturated rings. The fraction of sp³-hybridized carbons (Fsp3) is 0.409. The molecule has 0 N–H and O–H groups in total. The number of piperazine rings is 1. The number of esters is 1. The average Bonchev–Trinajstić information content (AvgIpc) is 2.73. The predicted molar refractivity (Wildman–Crippen MR) is 111 cm³/mol. The molecule has 2 aromatic rings. The molecule has 0 unspecified atom stereocenters. The molecule has 2 aliphatic rings. The van der Waals surface area contributed by atoms with Gasteiger partial charge in [0.15, 0.2) is 6.61 Å². The van der Waals surface area contributed by atoms with Crippen molar-refractivity contribution in [1.29, 1.82) is 0 Å². The smallest absolute Gasteiger partial charge is 0.317 e. The lowest BCUT2D eigenvalue weighted by Gasteiger charge is -2.40. The summed E-state index contributed by atoms with van der Waals surface area (Å²) in [7, 11) is 0. The van der Waals surface area contributed by atoms with Gasteiger partial charge >= 0.3 is 5.97 Å². The molecule has 1 aliphatic heterocycles. The summed E-state index contributed by atoms with van der Waals surface area (Å²) in [6, 6.07) is 13.1. The molecule has 29 heavy (non-hydrogen) atoms. The number of hydrogen-bond donors (Lipinski definition) is 0. The van der Waals surface area contributed by atoms with Crippen LogP contribution in [0.15, 0.2) is 48.7 Å². The number of carbonyl (C=O) groups excluding carboxylic acids is 2. The first-order chi connectivity index (χ1) is 14.1. The summed E-state index contributed by atoms with van der Waals surface area (Å²) in [5.74, 6) is 0.456. The van der Waals surface area contributed by atoms with Gasteiger partial charge in [-0.05, 0) is 42.7 Å². The van der Waals surface area contributed by atoms with Crippen LogP contribution in [0.2, 0.25) is 5.02 Å². The first-order valence-electron chi connectivity index (χ1n) is 9.95. The molecule has 1 saturated carbocycles. The number of aromatic nitrogens is 1. The minimum absolute atomic E-state index is 0.149. The van der Waals surface area contributed by atoms with Gasteiger partial charge in [-0.1, -0.05) is 36.2 Å². The molecular formula is C22H24ClN3O3. The van der Waals surface area contributed by atoms with E-state index >= 15 is 0 Å². The van der Waals surface area contributed by atoms with Gasteiger partial charge < -0.3 is 14.5 Å². The summed E-state index contributed by atoms with van der Waals surface area (Å²) >= 11 is 5.97. The average molecular weight is 414 g/mol. The Morgan fingerprint density at radius 3 is 2.34 bits per heavy atom. The third kappa shape index (κ3) is 4.08. The number of rotatable bonds is 5. The fourth-order valence-electron chi connectivity index (χ4n) is 3.99. The fourth-order valence-corrected chi connectivity index (χ4v) is 4.12. The van der Waals surface area contributed by atoms with Crippen LogP contribution in [0.1, 0.15) is 24.8 Å². The Hall–Kier alpha value is -2.60. The second kappa shape index (κ2) is 8.41. The van der Waals surface area contributed by atoms with Crippen molar-refractivity contribution in [3.8, 4) is 0 Å². The van der Waals surface area contributed by atoms with Crippen LogP contribution in [-0.4, -0.2) is 54.5 Å². The maximum absolute atomic E-state index is 12.8. The second-order valence-corrected chi connectivity index (χ2v) is 8.01. The molecule has 0 bridgehead atoms. The van der Waals surface area contributed by atoms with Gasteiger partial charge in [0.25, 0.3) is 5.91 Å². The Morgan fingerprint density at radius 2 is 1.76 bits per heavy atom. The summed E-state index contributed by atoms with van der Waals surface area (Å²) < 4.78 is 5.47. The van der Waals surface area contributed by atoms with Gasteiger partial charge in [-0.3, -0.25) is 9.59 Å². The number of amides is 1. The van der Waals surface area contributed by atoms with E-state index in [-0.39, 0.29) is 18.5 Å². The van der Waals surface area contributed by atoms with Gasteiger partial charge in [-0.25, -0.2) is 4.98 Å². The molecule has 0 spiro atoms. The van der Waals surface area contributed by atoms with Crippen LogP contribution < -0.4 is 4.90 Å². The van der Waals surface area contributed by atoms with Crippen LogP contribution in [0, 0.1) is 0 Å². The maximum atomic E-state index is 12.8. The molecule has 0 atom stereocenters. The van der Waals surface area contributed by atoms with Crippen molar-refractivity contribution < 1.29 is 14.3 Å². The normalized spacial score (nSPS) is 18.1. The molecule has 1 amide bonds. The molecule has 1 saturated heterocycles. The third-order valence-corrected chi connectivity index (χ3v) is 6.18. The van der Waals surface area contributed by atoms with Crippen molar-refractivity contribution in [2.24, 2.45) is 0 Å². The number of nitrogens with zero attached hydrogens (tertiary/aromatic N) is 3. The highest BCUT2D eigenvalue weighted by Gasteiger charge is 2.47. The Bertz CT molecular complexity index is 861. The van der Waals surface area contributed by atoms with Crippen molar-refractivity contribution >= 4 is 29.3 Å². The first kappa shape index (κ1) is 19.7. The first-order valence-corrected chi connectivity index (χ1v) is 10.3. The lowest BCUT2D eigenvalue weighted by Crippen LogP contribution is -2.51. The topological polar surface area (TPSA) is 62.7 Å². The van der Waals surface area contributed by atoms with E-state index in [9.17, 15) is 9.59 Å². The molecule has 1 aromatic carbocycles. The van der Waals surface area contributed by atoms with Crippen molar-refractivity contribution in [3.05, 3.63) is 59.2 Å². The molecule has 1 aliphatic carbocycles. The number of halogens is 1. The lowest BCUT2D eigenvalue weighted by atomic mass is 9.64. The quantitative estimate of drug-likeness (QED) is 0.705. The summed E-state index contributed by atoms with van der Waals surface area (Å²) in [6.07, 6.45) is 4.22. The zero-order valence-corrected chi connectivity index (χ0v) is 17.0. The predicted octanol–water partition coefficient (Wildman–Crippen LogP) is 3.05. The van der Waals surface area contributed by atoms with Crippen molar-refractivity contribution in [2.75, 3.05) is 37.7 Å². The van der Waals surface area contributed by atoms with Crippen molar-refractivity contribution in [2.45, 2.75) is 24.7 Å².